The number of carboxylic acids is 1. The van der Waals surface area contributed by atoms with Crippen LogP contribution in [0.5, 0.6) is 0 Å². The molecule has 3 atom stereocenters. The Morgan fingerprint density at radius 1 is 1.28 bits per heavy atom. The highest BCUT2D eigenvalue weighted by Gasteiger charge is 2.42. The van der Waals surface area contributed by atoms with Crippen LogP contribution in [0.4, 0.5) is 4.39 Å². The first-order valence-corrected chi connectivity index (χ1v) is 8.63. The number of allylic oxidation sites excluding steroid dienone is 3. The van der Waals surface area contributed by atoms with Gasteiger partial charge in [-0.15, -0.1) is 0 Å². The summed E-state index contributed by atoms with van der Waals surface area (Å²) in [5.74, 6) is -2.56. The second-order valence-corrected chi connectivity index (χ2v) is 6.72. The number of hydrogen-bond acceptors (Lipinski definition) is 2. The van der Waals surface area contributed by atoms with Crippen molar-refractivity contribution in [2.75, 3.05) is 6.54 Å². The van der Waals surface area contributed by atoms with Crippen molar-refractivity contribution in [1.82, 2.24) is 4.90 Å². The lowest BCUT2D eigenvalue weighted by molar-refractivity contribution is -0.146. The van der Waals surface area contributed by atoms with E-state index in [1.165, 1.54) is 6.07 Å². The predicted molar refractivity (Wildman–Crippen MR) is 92.7 cm³/mol. The van der Waals surface area contributed by atoms with Crippen molar-refractivity contribution in [3.63, 3.8) is 0 Å². The summed E-state index contributed by atoms with van der Waals surface area (Å²) in [6.45, 7) is 2.16. The summed E-state index contributed by atoms with van der Waals surface area (Å²) in [5.41, 5.74) is 0.620. The molecule has 1 heterocycles. The van der Waals surface area contributed by atoms with Crippen LogP contribution in [0.3, 0.4) is 0 Å². The smallest absolute Gasteiger partial charge is 0.308 e. The predicted octanol–water partition coefficient (Wildman–Crippen LogP) is 3.57. The van der Waals surface area contributed by atoms with Gasteiger partial charge >= 0.3 is 5.97 Å². The molecule has 1 aliphatic heterocycles. The van der Waals surface area contributed by atoms with E-state index in [1.54, 1.807) is 24.0 Å². The number of aliphatic carboxylic acids is 1. The third-order valence-electron chi connectivity index (χ3n) is 5.15. The molecule has 1 fully saturated rings. The van der Waals surface area contributed by atoms with Gasteiger partial charge in [-0.1, -0.05) is 36.4 Å². The Balaban J connectivity index is 1.99. The van der Waals surface area contributed by atoms with Crippen molar-refractivity contribution in [3.05, 3.63) is 59.4 Å². The van der Waals surface area contributed by atoms with Gasteiger partial charge in [0.15, 0.2) is 0 Å². The number of hydrogen-bond donors (Lipinski definition) is 1. The van der Waals surface area contributed by atoms with E-state index < -0.39 is 29.7 Å². The standard InChI is InChI=1S/C20H22FNO3/c1-13-7-5-11-16(21)17(13)19(23)22-12-6-10-15(20(24)25)18(22)14-8-3-2-4-9-14/h2-5,7-8,11,14-15,18H,6,9-10,12H2,1H3,(H,24,25)/t14-,15?,18?/m1/s1. The van der Waals surface area contributed by atoms with Gasteiger partial charge in [-0.2, -0.15) is 0 Å². The van der Waals surface area contributed by atoms with Crippen LogP contribution in [0.2, 0.25) is 0 Å². The van der Waals surface area contributed by atoms with Gasteiger partial charge in [0.05, 0.1) is 17.5 Å². The van der Waals surface area contributed by atoms with Gasteiger partial charge in [-0.3, -0.25) is 9.59 Å². The van der Waals surface area contributed by atoms with Gasteiger partial charge in [0, 0.05) is 12.5 Å². The largest absolute Gasteiger partial charge is 0.481 e. The summed E-state index contributed by atoms with van der Waals surface area (Å²) in [6.07, 6.45) is 9.58. The fourth-order valence-corrected chi connectivity index (χ4v) is 3.95. The molecule has 25 heavy (non-hydrogen) atoms. The third kappa shape index (κ3) is 3.36. The van der Waals surface area contributed by atoms with Crippen molar-refractivity contribution in [2.24, 2.45) is 11.8 Å². The molecule has 2 aliphatic rings. The number of aryl methyl sites for hydroxylation is 1. The molecular weight excluding hydrogens is 321 g/mol. The van der Waals surface area contributed by atoms with Crippen LogP contribution in [0.15, 0.2) is 42.5 Å². The number of amides is 1. The van der Waals surface area contributed by atoms with E-state index in [2.05, 4.69) is 0 Å². The van der Waals surface area contributed by atoms with E-state index in [0.29, 0.717) is 31.4 Å². The Labute approximate surface area is 146 Å². The average Bonchev–Trinajstić information content (AvgIpc) is 2.61. The molecule has 1 saturated heterocycles. The molecule has 1 N–H and O–H groups in total. The van der Waals surface area contributed by atoms with Crippen LogP contribution in [0.25, 0.3) is 0 Å². The topological polar surface area (TPSA) is 57.6 Å². The highest BCUT2D eigenvalue weighted by Crippen LogP contribution is 2.34. The Kier molecular flexibility index (Phi) is 5.02. The van der Waals surface area contributed by atoms with Crippen molar-refractivity contribution in [2.45, 2.75) is 32.2 Å². The molecule has 1 aliphatic carbocycles. The lowest BCUT2D eigenvalue weighted by Gasteiger charge is -2.43. The summed E-state index contributed by atoms with van der Waals surface area (Å²) >= 11 is 0. The van der Waals surface area contributed by atoms with E-state index in [1.807, 2.05) is 24.3 Å². The number of nitrogens with zero attached hydrogens (tertiary/aromatic N) is 1. The minimum Gasteiger partial charge on any atom is -0.481 e. The molecule has 5 heteroatoms. The van der Waals surface area contributed by atoms with Crippen molar-refractivity contribution in [3.8, 4) is 0 Å². The molecule has 0 radical (unpaired) electrons. The van der Waals surface area contributed by atoms with Crippen LogP contribution >= 0.6 is 0 Å². The third-order valence-corrected chi connectivity index (χ3v) is 5.15. The highest BCUT2D eigenvalue weighted by molar-refractivity contribution is 5.96. The SMILES string of the molecule is Cc1cccc(F)c1C(=O)N1CCCC(C(=O)O)C1[C@@H]1C=CC=CC1. The van der Waals surface area contributed by atoms with Crippen LogP contribution in [0, 0.1) is 24.6 Å². The van der Waals surface area contributed by atoms with Crippen LogP contribution < -0.4 is 0 Å². The summed E-state index contributed by atoms with van der Waals surface area (Å²) in [5, 5.41) is 9.66. The van der Waals surface area contributed by atoms with Crippen molar-refractivity contribution in [1.29, 1.82) is 0 Å². The normalized spacial score (nSPS) is 25.8. The fraction of sp³-hybridized carbons (Fsp3) is 0.400. The number of piperidine rings is 1. The van der Waals surface area contributed by atoms with Crippen molar-refractivity contribution < 1.29 is 19.1 Å². The Morgan fingerprint density at radius 3 is 2.72 bits per heavy atom. The molecule has 0 saturated carbocycles. The van der Waals surface area contributed by atoms with Crippen LogP contribution in [0.1, 0.15) is 35.2 Å². The van der Waals surface area contributed by atoms with E-state index in [0.717, 1.165) is 0 Å². The van der Waals surface area contributed by atoms with E-state index in [4.69, 9.17) is 0 Å². The van der Waals surface area contributed by atoms with Gasteiger partial charge in [0.2, 0.25) is 0 Å². The second-order valence-electron chi connectivity index (χ2n) is 6.72. The Hall–Kier alpha value is -2.43. The zero-order chi connectivity index (χ0) is 18.0. The summed E-state index contributed by atoms with van der Waals surface area (Å²) in [7, 11) is 0. The number of carbonyl (C=O) groups excluding carboxylic acids is 1. The van der Waals surface area contributed by atoms with E-state index >= 15 is 0 Å². The molecule has 132 valence electrons. The van der Waals surface area contributed by atoms with Gasteiger partial charge < -0.3 is 10.0 Å². The van der Waals surface area contributed by atoms with Crippen LogP contribution in [-0.2, 0) is 4.79 Å². The summed E-state index contributed by atoms with van der Waals surface area (Å²) < 4.78 is 14.3. The van der Waals surface area contributed by atoms with Crippen molar-refractivity contribution >= 4 is 11.9 Å². The quantitative estimate of drug-likeness (QED) is 0.913. The average molecular weight is 343 g/mol. The summed E-state index contributed by atoms with van der Waals surface area (Å²) in [4.78, 5) is 26.5. The number of carbonyl (C=O) groups is 2. The number of carboxylic acid groups (broad SMARTS) is 1. The fourth-order valence-electron chi connectivity index (χ4n) is 3.95. The molecule has 2 unspecified atom stereocenters. The van der Waals surface area contributed by atoms with Gasteiger partial charge in [-0.25, -0.2) is 4.39 Å². The minimum atomic E-state index is -0.893. The number of halogens is 1. The molecule has 1 aromatic rings. The lowest BCUT2D eigenvalue weighted by Crippen LogP contribution is -2.54. The second kappa shape index (κ2) is 7.21. The maximum Gasteiger partial charge on any atom is 0.308 e. The molecule has 0 aromatic heterocycles. The molecule has 0 bridgehead atoms. The number of benzene rings is 1. The molecule has 0 spiro atoms. The highest BCUT2D eigenvalue weighted by atomic mass is 19.1. The molecule has 1 aromatic carbocycles. The van der Waals surface area contributed by atoms with Gasteiger partial charge in [0.25, 0.3) is 5.91 Å². The van der Waals surface area contributed by atoms with Gasteiger partial charge in [-0.05, 0) is 37.8 Å². The maximum atomic E-state index is 14.3. The number of likely N-dealkylation sites (tertiary alicyclic amines) is 1. The van der Waals surface area contributed by atoms with E-state index in [9.17, 15) is 19.1 Å². The Morgan fingerprint density at radius 2 is 2.08 bits per heavy atom. The minimum absolute atomic E-state index is 0.0499. The van der Waals surface area contributed by atoms with E-state index in [-0.39, 0.29) is 11.5 Å². The van der Waals surface area contributed by atoms with Crippen LogP contribution in [-0.4, -0.2) is 34.5 Å². The summed E-state index contributed by atoms with van der Waals surface area (Å²) in [6, 6.07) is 4.09. The molecule has 4 nitrogen and oxygen atoms in total. The zero-order valence-electron chi connectivity index (χ0n) is 14.2. The first-order chi connectivity index (χ1) is 12.0. The monoisotopic (exact) mass is 343 g/mol. The molecule has 1 amide bonds. The zero-order valence-corrected chi connectivity index (χ0v) is 14.2. The first kappa shape index (κ1) is 17.4. The lowest BCUT2D eigenvalue weighted by atomic mass is 9.78. The first-order valence-electron chi connectivity index (χ1n) is 8.63. The Bertz CT molecular complexity index is 720. The van der Waals surface area contributed by atoms with Gasteiger partial charge in [0.1, 0.15) is 5.82 Å². The molecular formula is C20H22FNO3. The maximum absolute atomic E-state index is 14.3. The molecule has 3 rings (SSSR count). The number of rotatable bonds is 3.